The van der Waals surface area contributed by atoms with E-state index in [4.69, 9.17) is 18.9 Å². The first-order valence-corrected chi connectivity index (χ1v) is 8.63. The Morgan fingerprint density at radius 2 is 1.86 bits per heavy atom. The molecule has 0 radical (unpaired) electrons. The van der Waals surface area contributed by atoms with Gasteiger partial charge in [-0.15, -0.1) is 0 Å². The van der Waals surface area contributed by atoms with Crippen molar-refractivity contribution in [2.45, 2.75) is 13.0 Å². The number of fused-ring (bicyclic) bond motifs is 1. The van der Waals surface area contributed by atoms with Crippen molar-refractivity contribution in [3.05, 3.63) is 52.1 Å². The zero-order valence-electron chi connectivity index (χ0n) is 15.7. The summed E-state index contributed by atoms with van der Waals surface area (Å²) in [4.78, 5) is 35.4. The van der Waals surface area contributed by atoms with Gasteiger partial charge in [-0.2, -0.15) is 0 Å². The third-order valence-corrected chi connectivity index (χ3v) is 4.07. The molecule has 0 saturated heterocycles. The molecule has 2 aromatic carbocycles. The van der Waals surface area contributed by atoms with Gasteiger partial charge in [-0.05, 0) is 19.1 Å². The minimum absolute atomic E-state index is 0.170. The number of methoxy groups -OCH3 is 1. The average Bonchev–Trinajstić information content (AvgIpc) is 2.72. The van der Waals surface area contributed by atoms with Gasteiger partial charge < -0.3 is 24.3 Å². The second-order valence-electron chi connectivity index (χ2n) is 6.04. The van der Waals surface area contributed by atoms with Gasteiger partial charge in [0.1, 0.15) is 24.5 Å². The van der Waals surface area contributed by atoms with E-state index in [-0.39, 0.29) is 30.3 Å². The molecule has 1 amide bonds. The molecule has 0 saturated carbocycles. The summed E-state index contributed by atoms with van der Waals surface area (Å²) in [6.07, 6.45) is -1.21. The number of amides is 1. The van der Waals surface area contributed by atoms with E-state index in [1.807, 2.05) is 0 Å². The molecular formula is C19H18N2O8. The van der Waals surface area contributed by atoms with Crippen LogP contribution in [-0.4, -0.2) is 43.2 Å². The highest BCUT2D eigenvalue weighted by molar-refractivity contribution is 5.99. The van der Waals surface area contributed by atoms with Crippen LogP contribution < -0.4 is 19.5 Å². The topological polar surface area (TPSA) is 126 Å². The van der Waals surface area contributed by atoms with Crippen molar-refractivity contribution in [3.63, 3.8) is 0 Å². The summed E-state index contributed by atoms with van der Waals surface area (Å²) in [5.74, 6) is -0.723. The summed E-state index contributed by atoms with van der Waals surface area (Å²) in [5, 5.41) is 13.9. The van der Waals surface area contributed by atoms with E-state index in [1.165, 1.54) is 20.1 Å². The van der Waals surface area contributed by atoms with Crippen LogP contribution in [0.3, 0.4) is 0 Å². The molecule has 10 heteroatoms. The van der Waals surface area contributed by atoms with Crippen LogP contribution in [0.5, 0.6) is 17.2 Å². The fourth-order valence-electron chi connectivity index (χ4n) is 2.61. The van der Waals surface area contributed by atoms with Crippen LogP contribution in [0, 0.1) is 10.1 Å². The molecule has 1 unspecified atom stereocenters. The maximum atomic E-state index is 12.5. The Hall–Kier alpha value is -3.82. The Balaban J connectivity index is 1.75. The van der Waals surface area contributed by atoms with Crippen molar-refractivity contribution in [1.82, 2.24) is 0 Å². The molecule has 0 aromatic heterocycles. The second-order valence-corrected chi connectivity index (χ2v) is 6.04. The average molecular weight is 402 g/mol. The molecule has 1 aliphatic heterocycles. The maximum absolute atomic E-state index is 12.5. The maximum Gasteiger partial charge on any atom is 0.346 e. The third-order valence-electron chi connectivity index (χ3n) is 4.07. The van der Waals surface area contributed by atoms with E-state index in [2.05, 4.69) is 5.32 Å². The first kappa shape index (κ1) is 19.9. The Labute approximate surface area is 165 Å². The van der Waals surface area contributed by atoms with Gasteiger partial charge in [0, 0.05) is 17.8 Å². The number of nitro groups is 1. The Morgan fingerprint density at radius 3 is 2.52 bits per heavy atom. The van der Waals surface area contributed by atoms with Gasteiger partial charge in [-0.25, -0.2) is 4.79 Å². The Bertz CT molecular complexity index is 959. The highest BCUT2D eigenvalue weighted by atomic mass is 16.6. The third kappa shape index (κ3) is 4.54. The zero-order chi connectivity index (χ0) is 21.0. The van der Waals surface area contributed by atoms with Crippen molar-refractivity contribution in [2.75, 3.05) is 25.6 Å². The van der Waals surface area contributed by atoms with Crippen LogP contribution in [0.15, 0.2) is 36.4 Å². The van der Waals surface area contributed by atoms with Crippen LogP contribution in [0.25, 0.3) is 0 Å². The molecule has 0 spiro atoms. The number of anilines is 1. The molecule has 1 aliphatic rings. The number of ether oxygens (including phenoxy) is 4. The van der Waals surface area contributed by atoms with E-state index in [0.717, 1.165) is 6.07 Å². The van der Waals surface area contributed by atoms with Gasteiger partial charge in [0.2, 0.25) is 0 Å². The molecule has 1 atom stereocenters. The van der Waals surface area contributed by atoms with Gasteiger partial charge in [-0.3, -0.25) is 14.9 Å². The Morgan fingerprint density at radius 1 is 1.17 bits per heavy atom. The number of benzene rings is 2. The number of esters is 1. The molecule has 29 heavy (non-hydrogen) atoms. The van der Waals surface area contributed by atoms with E-state index in [1.54, 1.807) is 24.3 Å². The lowest BCUT2D eigenvalue weighted by Gasteiger charge is -2.19. The lowest BCUT2D eigenvalue weighted by molar-refractivity contribution is -0.385. The summed E-state index contributed by atoms with van der Waals surface area (Å²) in [5.41, 5.74) is -0.387. The SMILES string of the molecule is COc1cccc(NC(=O)C(C)OC(=O)c2cc3c(cc2[N+](=O)[O-])OCCO3)c1. The standard InChI is InChI=1S/C19H18N2O8/c1-11(18(22)20-12-4-3-5-13(8-12)26-2)29-19(23)14-9-16-17(28-7-6-27-16)10-15(14)21(24)25/h3-5,8-11H,6-7H2,1-2H3,(H,20,22). The number of nitrogens with zero attached hydrogens (tertiary/aromatic N) is 1. The molecule has 1 heterocycles. The van der Waals surface area contributed by atoms with Crippen molar-refractivity contribution in [3.8, 4) is 17.2 Å². The van der Waals surface area contributed by atoms with Gasteiger partial charge in [-0.1, -0.05) is 6.07 Å². The predicted molar refractivity (Wildman–Crippen MR) is 101 cm³/mol. The molecule has 0 bridgehead atoms. The van der Waals surface area contributed by atoms with Crippen molar-refractivity contribution < 1.29 is 33.5 Å². The van der Waals surface area contributed by atoms with Gasteiger partial charge >= 0.3 is 5.97 Å². The Kier molecular flexibility index (Phi) is 5.82. The molecule has 1 N–H and O–H groups in total. The highest BCUT2D eigenvalue weighted by Crippen LogP contribution is 2.37. The number of carbonyl (C=O) groups is 2. The number of nitrogens with one attached hydrogen (secondary N) is 1. The highest BCUT2D eigenvalue weighted by Gasteiger charge is 2.29. The van der Waals surface area contributed by atoms with E-state index in [9.17, 15) is 19.7 Å². The summed E-state index contributed by atoms with van der Waals surface area (Å²) in [7, 11) is 1.49. The number of hydrogen-bond donors (Lipinski definition) is 1. The van der Waals surface area contributed by atoms with Crippen molar-refractivity contribution >= 4 is 23.3 Å². The smallest absolute Gasteiger partial charge is 0.346 e. The number of carbonyl (C=O) groups excluding carboxylic acids is 2. The zero-order valence-corrected chi connectivity index (χ0v) is 15.7. The largest absolute Gasteiger partial charge is 0.497 e. The summed E-state index contributed by atoms with van der Waals surface area (Å²) < 4.78 is 20.9. The van der Waals surface area contributed by atoms with E-state index < -0.39 is 28.6 Å². The van der Waals surface area contributed by atoms with Crippen LogP contribution in [-0.2, 0) is 9.53 Å². The molecule has 0 fully saturated rings. The first-order valence-electron chi connectivity index (χ1n) is 8.63. The lowest BCUT2D eigenvalue weighted by Crippen LogP contribution is -2.30. The van der Waals surface area contributed by atoms with E-state index in [0.29, 0.717) is 11.4 Å². The van der Waals surface area contributed by atoms with Crippen LogP contribution in [0.4, 0.5) is 11.4 Å². The lowest BCUT2D eigenvalue weighted by atomic mass is 10.1. The normalized spacial score (nSPS) is 13.2. The van der Waals surface area contributed by atoms with Crippen LogP contribution in [0.1, 0.15) is 17.3 Å². The fraction of sp³-hybridized carbons (Fsp3) is 0.263. The minimum atomic E-state index is -1.21. The predicted octanol–water partition coefficient (Wildman–Crippen LogP) is 2.56. The van der Waals surface area contributed by atoms with Gasteiger partial charge in [0.05, 0.1) is 18.1 Å². The van der Waals surface area contributed by atoms with Crippen molar-refractivity contribution in [1.29, 1.82) is 0 Å². The molecule has 0 aliphatic carbocycles. The van der Waals surface area contributed by atoms with Crippen LogP contribution in [0.2, 0.25) is 0 Å². The summed E-state index contributed by atoms with van der Waals surface area (Å²) in [6.45, 7) is 1.85. The summed E-state index contributed by atoms with van der Waals surface area (Å²) >= 11 is 0. The van der Waals surface area contributed by atoms with Crippen LogP contribution >= 0.6 is 0 Å². The van der Waals surface area contributed by atoms with Gasteiger partial charge in [0.25, 0.3) is 11.6 Å². The number of rotatable bonds is 6. The van der Waals surface area contributed by atoms with Gasteiger partial charge in [0.15, 0.2) is 17.6 Å². The number of nitro benzene ring substituents is 1. The quantitative estimate of drug-likeness (QED) is 0.444. The summed E-state index contributed by atoms with van der Waals surface area (Å²) in [6, 6.07) is 8.91. The molecule has 3 rings (SSSR count). The molecule has 2 aromatic rings. The first-order chi connectivity index (χ1) is 13.9. The number of hydrogen-bond acceptors (Lipinski definition) is 8. The molecule has 152 valence electrons. The van der Waals surface area contributed by atoms with Crippen molar-refractivity contribution in [2.24, 2.45) is 0 Å². The van der Waals surface area contributed by atoms with E-state index >= 15 is 0 Å². The monoisotopic (exact) mass is 402 g/mol. The minimum Gasteiger partial charge on any atom is -0.497 e. The fourth-order valence-corrected chi connectivity index (χ4v) is 2.61. The molecule has 10 nitrogen and oxygen atoms in total. The molecular weight excluding hydrogens is 384 g/mol. The second kappa shape index (κ2) is 8.46.